The molecule has 0 radical (unpaired) electrons. The van der Waals surface area contributed by atoms with Crippen molar-refractivity contribution in [3.63, 3.8) is 0 Å². The van der Waals surface area contributed by atoms with Crippen LogP contribution in [-0.4, -0.2) is 9.97 Å². The van der Waals surface area contributed by atoms with Gasteiger partial charge in [0.2, 0.25) is 0 Å². The van der Waals surface area contributed by atoms with E-state index in [1.165, 1.54) is 38.8 Å². The summed E-state index contributed by atoms with van der Waals surface area (Å²) in [5, 5.41) is 1.22. The molecule has 0 unspecified atom stereocenters. The van der Waals surface area contributed by atoms with Crippen molar-refractivity contribution in [2.24, 2.45) is 0 Å². The fourth-order valence-electron chi connectivity index (χ4n) is 2.61. The van der Waals surface area contributed by atoms with Crippen molar-refractivity contribution in [3.8, 4) is 0 Å². The highest BCUT2D eigenvalue weighted by molar-refractivity contribution is 5.90. The number of allylic oxidation sites excluding steroid dienone is 2. The molecular weight excluding hydrogens is 244 g/mol. The smallest absolute Gasteiger partial charge is 0.155 e. The molecule has 2 nitrogen and oxygen atoms in total. The highest BCUT2D eigenvalue weighted by atomic mass is 14.9. The van der Waals surface area contributed by atoms with Crippen molar-refractivity contribution in [1.82, 2.24) is 9.97 Å². The summed E-state index contributed by atoms with van der Waals surface area (Å²) in [6.07, 6.45) is 0. The van der Waals surface area contributed by atoms with Crippen LogP contribution < -0.4 is 0 Å². The Kier molecular flexibility index (Phi) is 3.68. The maximum absolute atomic E-state index is 4.85. The Bertz CT molecular complexity index is 733. The fourth-order valence-corrected chi connectivity index (χ4v) is 2.61. The summed E-state index contributed by atoms with van der Waals surface area (Å²) in [6, 6.07) is 0. The fraction of sp³-hybridized carbons (Fsp3) is 0.444. The molecule has 0 aliphatic carbocycles. The summed E-state index contributed by atoms with van der Waals surface area (Å²) in [5.41, 5.74) is 9.90. The van der Waals surface area contributed by atoms with Crippen LogP contribution in [0.25, 0.3) is 16.5 Å². The first-order valence-electron chi connectivity index (χ1n) is 7.14. The number of hydrogen-bond donors (Lipinski definition) is 0. The van der Waals surface area contributed by atoms with Crippen molar-refractivity contribution in [2.45, 2.75) is 55.4 Å². The topological polar surface area (TPSA) is 25.8 Å². The second kappa shape index (κ2) is 5.01. The lowest BCUT2D eigenvalue weighted by Crippen LogP contribution is -2.03. The summed E-state index contributed by atoms with van der Waals surface area (Å²) in [7, 11) is 0. The molecule has 2 heteroatoms. The normalized spacial score (nSPS) is 11.0. The van der Waals surface area contributed by atoms with Crippen LogP contribution in [0, 0.1) is 34.6 Å². The Balaban J connectivity index is 2.96. The third-order valence-corrected chi connectivity index (χ3v) is 4.59. The molecule has 1 heterocycles. The quantitative estimate of drug-likeness (QED) is 0.728. The second-order valence-electron chi connectivity index (χ2n) is 5.98. The molecule has 0 saturated carbocycles. The van der Waals surface area contributed by atoms with Gasteiger partial charge in [0.25, 0.3) is 0 Å². The van der Waals surface area contributed by atoms with Gasteiger partial charge in [0.15, 0.2) is 5.82 Å². The molecule has 20 heavy (non-hydrogen) atoms. The van der Waals surface area contributed by atoms with E-state index in [2.05, 4.69) is 55.4 Å². The maximum Gasteiger partial charge on any atom is 0.155 e. The van der Waals surface area contributed by atoms with E-state index in [1.807, 2.05) is 0 Å². The molecule has 0 aliphatic rings. The Labute approximate surface area is 122 Å². The van der Waals surface area contributed by atoms with Gasteiger partial charge in [0.05, 0.1) is 5.52 Å². The molecule has 0 atom stereocenters. The van der Waals surface area contributed by atoms with Gasteiger partial charge >= 0.3 is 0 Å². The Hall–Kier alpha value is -1.70. The first-order valence-corrected chi connectivity index (χ1v) is 7.14. The zero-order valence-electron chi connectivity index (χ0n) is 13.9. The third kappa shape index (κ3) is 2.13. The number of benzene rings is 1. The van der Waals surface area contributed by atoms with Crippen LogP contribution in [0.1, 0.15) is 54.5 Å². The third-order valence-electron chi connectivity index (χ3n) is 4.59. The summed E-state index contributed by atoms with van der Waals surface area (Å²) in [6.45, 7) is 17.1. The van der Waals surface area contributed by atoms with Crippen LogP contribution in [0.15, 0.2) is 5.57 Å². The average molecular weight is 268 g/mol. The number of rotatable bonds is 1. The molecule has 106 valence electrons. The van der Waals surface area contributed by atoms with Gasteiger partial charge in [0, 0.05) is 11.1 Å². The number of nitrogens with zero attached hydrogens (tertiary/aromatic N) is 2. The van der Waals surface area contributed by atoms with Crippen molar-refractivity contribution >= 4 is 16.5 Å². The lowest BCUT2D eigenvalue weighted by atomic mass is 9.93. The average Bonchev–Trinajstić information content (AvgIpc) is 2.40. The minimum Gasteiger partial charge on any atom is -0.233 e. The summed E-state index contributed by atoms with van der Waals surface area (Å²) in [5.74, 6) is 0.862. The van der Waals surface area contributed by atoms with Gasteiger partial charge in [-0.05, 0) is 83.2 Å². The molecule has 0 fully saturated rings. The van der Waals surface area contributed by atoms with Gasteiger partial charge in [-0.1, -0.05) is 5.57 Å². The number of aromatic nitrogens is 2. The van der Waals surface area contributed by atoms with Crippen LogP contribution in [-0.2, 0) is 0 Å². The van der Waals surface area contributed by atoms with E-state index >= 15 is 0 Å². The zero-order chi connectivity index (χ0) is 15.2. The number of fused-ring (bicyclic) bond motifs is 1. The highest BCUT2D eigenvalue weighted by Crippen LogP contribution is 2.30. The van der Waals surface area contributed by atoms with Crippen molar-refractivity contribution in [1.29, 1.82) is 0 Å². The molecule has 2 aromatic rings. The molecule has 0 N–H and O–H groups in total. The van der Waals surface area contributed by atoms with E-state index in [1.54, 1.807) is 0 Å². The lowest BCUT2D eigenvalue weighted by molar-refractivity contribution is 1.08. The van der Waals surface area contributed by atoms with E-state index in [4.69, 9.17) is 9.97 Å². The van der Waals surface area contributed by atoms with Gasteiger partial charge in [0.1, 0.15) is 0 Å². The van der Waals surface area contributed by atoms with E-state index < -0.39 is 0 Å². The Morgan fingerprint density at radius 3 is 1.80 bits per heavy atom. The SMILES string of the molecule is CC(C)=C(C)c1nc(C)c2c(C)c(C)c(C)c(C)c2n1. The molecular formula is C18H24N2. The zero-order valence-corrected chi connectivity index (χ0v) is 13.9. The van der Waals surface area contributed by atoms with Gasteiger partial charge in [-0.25, -0.2) is 9.97 Å². The molecule has 0 aliphatic heterocycles. The van der Waals surface area contributed by atoms with Gasteiger partial charge < -0.3 is 0 Å². The van der Waals surface area contributed by atoms with Gasteiger partial charge in [-0.15, -0.1) is 0 Å². The van der Waals surface area contributed by atoms with Crippen LogP contribution >= 0.6 is 0 Å². The molecule has 1 aromatic heterocycles. The maximum atomic E-state index is 4.85. The summed E-state index contributed by atoms with van der Waals surface area (Å²) >= 11 is 0. The number of aryl methyl sites for hydroxylation is 3. The summed E-state index contributed by atoms with van der Waals surface area (Å²) in [4.78, 5) is 9.58. The van der Waals surface area contributed by atoms with Gasteiger partial charge in [-0.3, -0.25) is 0 Å². The molecule has 2 rings (SSSR count). The minimum atomic E-state index is 0.862. The predicted molar refractivity (Wildman–Crippen MR) is 87.2 cm³/mol. The van der Waals surface area contributed by atoms with E-state index in [0.29, 0.717) is 0 Å². The first-order chi connectivity index (χ1) is 9.25. The van der Waals surface area contributed by atoms with Crippen LogP contribution in [0.2, 0.25) is 0 Å². The Morgan fingerprint density at radius 1 is 0.700 bits per heavy atom. The highest BCUT2D eigenvalue weighted by Gasteiger charge is 2.15. The van der Waals surface area contributed by atoms with Crippen molar-refractivity contribution < 1.29 is 0 Å². The van der Waals surface area contributed by atoms with Crippen molar-refractivity contribution in [2.75, 3.05) is 0 Å². The first kappa shape index (κ1) is 14.7. The largest absolute Gasteiger partial charge is 0.233 e. The van der Waals surface area contributed by atoms with Crippen LogP contribution in [0.5, 0.6) is 0 Å². The lowest BCUT2D eigenvalue weighted by Gasteiger charge is -2.16. The van der Waals surface area contributed by atoms with E-state index in [9.17, 15) is 0 Å². The predicted octanol–water partition coefficient (Wildman–Crippen LogP) is 4.99. The molecule has 1 aromatic carbocycles. The molecule has 0 bridgehead atoms. The van der Waals surface area contributed by atoms with Crippen molar-refractivity contribution in [3.05, 3.63) is 39.3 Å². The van der Waals surface area contributed by atoms with Crippen LogP contribution in [0.4, 0.5) is 0 Å². The van der Waals surface area contributed by atoms with E-state index in [-0.39, 0.29) is 0 Å². The Morgan fingerprint density at radius 2 is 1.25 bits per heavy atom. The molecule has 0 amide bonds. The monoisotopic (exact) mass is 268 g/mol. The standard InChI is InChI=1S/C18H24N2/c1-9(2)10(3)18-19-15(8)16-13(6)11(4)12(5)14(7)17(16)20-18/h1-8H3. The van der Waals surface area contributed by atoms with E-state index in [0.717, 1.165) is 17.0 Å². The minimum absolute atomic E-state index is 0.862. The number of hydrogen-bond acceptors (Lipinski definition) is 2. The van der Waals surface area contributed by atoms with Crippen LogP contribution in [0.3, 0.4) is 0 Å². The molecule has 0 spiro atoms. The molecule has 0 saturated heterocycles. The second-order valence-corrected chi connectivity index (χ2v) is 5.98. The summed E-state index contributed by atoms with van der Waals surface area (Å²) < 4.78 is 0. The van der Waals surface area contributed by atoms with Gasteiger partial charge in [-0.2, -0.15) is 0 Å².